The molecule has 6 N–H and O–H groups in total. The smallest absolute Gasteiger partial charge is 0.337 e. The van der Waals surface area contributed by atoms with Gasteiger partial charge in [-0.2, -0.15) is 0 Å². The van der Waals surface area contributed by atoms with Gasteiger partial charge in [0.15, 0.2) is 11.5 Å². The van der Waals surface area contributed by atoms with Crippen LogP contribution in [0.4, 0.5) is 11.4 Å². The number of benzene rings is 2. The molecule has 108 valence electrons. The first kappa shape index (κ1) is 14.2. The summed E-state index contributed by atoms with van der Waals surface area (Å²) in [5.74, 6) is -2.66. The van der Waals surface area contributed by atoms with Crippen molar-refractivity contribution in [1.29, 1.82) is 0 Å². The van der Waals surface area contributed by atoms with Crippen LogP contribution >= 0.6 is 0 Å². The Bertz CT molecular complexity index is 727. The molecule has 0 aliphatic heterocycles. The van der Waals surface area contributed by atoms with Gasteiger partial charge in [-0.1, -0.05) is 0 Å². The van der Waals surface area contributed by atoms with Crippen LogP contribution in [0.15, 0.2) is 36.4 Å². The number of carbonyl (C=O) groups excluding carboxylic acids is 1. The molecule has 0 bridgehead atoms. The predicted octanol–water partition coefficient (Wildman–Crippen LogP) is 1.63. The van der Waals surface area contributed by atoms with Gasteiger partial charge in [0, 0.05) is 11.3 Å². The average molecular weight is 288 g/mol. The van der Waals surface area contributed by atoms with Gasteiger partial charge in [0.2, 0.25) is 0 Å². The molecule has 2 aromatic rings. The molecule has 0 unspecified atom stereocenters. The van der Waals surface area contributed by atoms with Crippen LogP contribution < -0.4 is 11.1 Å². The van der Waals surface area contributed by atoms with E-state index in [0.717, 1.165) is 12.1 Å². The van der Waals surface area contributed by atoms with Gasteiger partial charge in [0.25, 0.3) is 5.91 Å². The highest BCUT2D eigenvalue weighted by molar-refractivity contribution is 6.08. The number of nitrogens with two attached hydrogens (primary N) is 1. The van der Waals surface area contributed by atoms with Crippen molar-refractivity contribution in [3.05, 3.63) is 47.5 Å². The van der Waals surface area contributed by atoms with E-state index in [1.54, 1.807) is 0 Å². The van der Waals surface area contributed by atoms with Crippen LogP contribution in [0, 0.1) is 0 Å². The van der Waals surface area contributed by atoms with Gasteiger partial charge in [-0.15, -0.1) is 0 Å². The van der Waals surface area contributed by atoms with E-state index >= 15 is 0 Å². The van der Waals surface area contributed by atoms with E-state index in [-0.39, 0.29) is 28.3 Å². The number of aromatic hydroxyl groups is 2. The fourth-order valence-electron chi connectivity index (χ4n) is 1.71. The second-order valence-electron chi connectivity index (χ2n) is 4.27. The number of carbonyl (C=O) groups is 2. The summed E-state index contributed by atoms with van der Waals surface area (Å²) in [6, 6.07) is 7.58. The molecule has 0 radical (unpaired) electrons. The molecule has 1 amide bonds. The number of hydrogen-bond acceptors (Lipinski definition) is 5. The third-order valence-electron chi connectivity index (χ3n) is 2.76. The van der Waals surface area contributed by atoms with Gasteiger partial charge in [-0.25, -0.2) is 4.79 Å². The lowest BCUT2D eigenvalue weighted by atomic mass is 10.1. The van der Waals surface area contributed by atoms with Crippen molar-refractivity contribution in [3.8, 4) is 11.5 Å². The van der Waals surface area contributed by atoms with Crippen LogP contribution in [0.1, 0.15) is 20.7 Å². The van der Waals surface area contributed by atoms with Gasteiger partial charge in [-0.3, -0.25) is 4.79 Å². The largest absolute Gasteiger partial charge is 0.504 e. The molecule has 0 aliphatic carbocycles. The summed E-state index contributed by atoms with van der Waals surface area (Å²) in [5, 5.41) is 30.0. The second-order valence-corrected chi connectivity index (χ2v) is 4.27. The number of anilines is 2. The number of aromatic carboxylic acids is 1. The summed E-state index contributed by atoms with van der Waals surface area (Å²) in [6.07, 6.45) is 0. The summed E-state index contributed by atoms with van der Waals surface area (Å²) in [7, 11) is 0. The first-order chi connectivity index (χ1) is 9.88. The van der Waals surface area contributed by atoms with Gasteiger partial charge >= 0.3 is 5.97 Å². The van der Waals surface area contributed by atoms with Crippen molar-refractivity contribution in [1.82, 2.24) is 0 Å². The molecule has 2 aromatic carbocycles. The summed E-state index contributed by atoms with van der Waals surface area (Å²) in [6.45, 7) is 0. The quantitative estimate of drug-likeness (QED) is 0.430. The highest BCUT2D eigenvalue weighted by Gasteiger charge is 2.15. The van der Waals surface area contributed by atoms with E-state index < -0.39 is 17.6 Å². The number of hydrogen-bond donors (Lipinski definition) is 5. The number of nitrogens with one attached hydrogen (secondary N) is 1. The van der Waals surface area contributed by atoms with Crippen molar-refractivity contribution in [2.45, 2.75) is 0 Å². The highest BCUT2D eigenvalue weighted by atomic mass is 16.4. The fourth-order valence-corrected chi connectivity index (χ4v) is 1.71. The zero-order valence-electron chi connectivity index (χ0n) is 10.7. The van der Waals surface area contributed by atoms with E-state index in [9.17, 15) is 19.8 Å². The van der Waals surface area contributed by atoms with Crippen LogP contribution in [-0.4, -0.2) is 27.2 Å². The molecule has 0 saturated carbocycles. The molecule has 0 saturated heterocycles. The van der Waals surface area contributed by atoms with Gasteiger partial charge < -0.3 is 26.4 Å². The lowest BCUT2D eigenvalue weighted by Crippen LogP contribution is -2.15. The summed E-state index contributed by atoms with van der Waals surface area (Å²) in [5.41, 5.74) is 5.76. The van der Waals surface area contributed by atoms with Gasteiger partial charge in [-0.05, 0) is 36.4 Å². The fraction of sp³-hybridized carbons (Fsp3) is 0. The maximum atomic E-state index is 12.0. The number of phenols is 2. The highest BCUT2D eigenvalue weighted by Crippen LogP contribution is 2.26. The van der Waals surface area contributed by atoms with Crippen LogP contribution in [0.25, 0.3) is 0 Å². The Hall–Kier alpha value is -3.22. The Morgan fingerprint density at radius 3 is 2.33 bits per heavy atom. The van der Waals surface area contributed by atoms with Gasteiger partial charge in [0.1, 0.15) is 0 Å². The number of carboxylic acids is 1. The third kappa shape index (κ3) is 3.03. The normalized spacial score (nSPS) is 10.1. The number of nitrogen functional groups attached to an aromatic ring is 1. The lowest BCUT2D eigenvalue weighted by Gasteiger charge is -2.09. The summed E-state index contributed by atoms with van der Waals surface area (Å²) >= 11 is 0. The molecule has 0 fully saturated rings. The monoisotopic (exact) mass is 288 g/mol. The molecule has 0 spiro atoms. The number of rotatable bonds is 3. The standard InChI is InChI=1S/C14H12N2O5/c15-8-2-3-10(9(6-8)14(20)21)16-13(19)7-1-4-11(17)12(18)5-7/h1-6,17-18H,15H2,(H,16,19)(H,20,21). The Kier molecular flexibility index (Phi) is 3.66. The molecule has 7 heteroatoms. The van der Waals surface area contributed by atoms with Crippen molar-refractivity contribution >= 4 is 23.3 Å². The third-order valence-corrected chi connectivity index (χ3v) is 2.76. The molecular weight excluding hydrogens is 276 g/mol. The first-order valence-electron chi connectivity index (χ1n) is 5.84. The van der Waals surface area contributed by atoms with Crippen LogP contribution in [0.2, 0.25) is 0 Å². The van der Waals surface area contributed by atoms with Crippen molar-refractivity contribution in [3.63, 3.8) is 0 Å². The zero-order valence-corrected chi connectivity index (χ0v) is 10.7. The predicted molar refractivity (Wildman–Crippen MR) is 75.5 cm³/mol. The first-order valence-corrected chi connectivity index (χ1v) is 5.84. The molecule has 0 atom stereocenters. The van der Waals surface area contributed by atoms with Crippen molar-refractivity contribution in [2.24, 2.45) is 0 Å². The summed E-state index contributed by atoms with van der Waals surface area (Å²) in [4.78, 5) is 23.1. The van der Waals surface area contributed by atoms with Gasteiger partial charge in [0.05, 0.1) is 11.3 Å². The van der Waals surface area contributed by atoms with Crippen LogP contribution in [-0.2, 0) is 0 Å². The molecule has 2 rings (SSSR count). The van der Waals surface area contributed by atoms with Crippen molar-refractivity contribution < 1.29 is 24.9 Å². The molecule has 21 heavy (non-hydrogen) atoms. The minimum absolute atomic E-state index is 0.0680. The topological polar surface area (TPSA) is 133 Å². The van der Waals surface area contributed by atoms with E-state index in [1.807, 2.05) is 0 Å². The molecule has 7 nitrogen and oxygen atoms in total. The molecule has 0 aromatic heterocycles. The van der Waals surface area contributed by atoms with Crippen LogP contribution in [0.3, 0.4) is 0 Å². The lowest BCUT2D eigenvalue weighted by molar-refractivity contribution is 0.0698. The number of phenolic OH excluding ortho intramolecular Hbond substituents is 2. The second kappa shape index (κ2) is 5.41. The van der Waals surface area contributed by atoms with E-state index in [0.29, 0.717) is 0 Å². The van der Waals surface area contributed by atoms with E-state index in [2.05, 4.69) is 5.32 Å². The Balaban J connectivity index is 2.31. The Morgan fingerprint density at radius 2 is 1.71 bits per heavy atom. The Morgan fingerprint density at radius 1 is 1.00 bits per heavy atom. The minimum atomic E-state index is -1.23. The Labute approximate surface area is 119 Å². The minimum Gasteiger partial charge on any atom is -0.504 e. The van der Waals surface area contributed by atoms with Crippen molar-refractivity contribution in [2.75, 3.05) is 11.1 Å². The maximum absolute atomic E-state index is 12.0. The molecule has 0 aliphatic rings. The molecular formula is C14H12N2O5. The van der Waals surface area contributed by atoms with E-state index in [4.69, 9.17) is 10.8 Å². The summed E-state index contributed by atoms with van der Waals surface area (Å²) < 4.78 is 0. The molecule has 0 heterocycles. The van der Waals surface area contributed by atoms with Crippen LogP contribution in [0.5, 0.6) is 11.5 Å². The SMILES string of the molecule is Nc1ccc(NC(=O)c2ccc(O)c(O)c2)c(C(=O)O)c1. The number of amides is 1. The average Bonchev–Trinajstić information content (AvgIpc) is 2.43. The van der Waals surface area contributed by atoms with E-state index in [1.165, 1.54) is 24.3 Å². The zero-order chi connectivity index (χ0) is 15.6. The number of carboxylic acid groups (broad SMARTS) is 1. The maximum Gasteiger partial charge on any atom is 0.337 e.